The average molecular weight is 305 g/mol. The summed E-state index contributed by atoms with van der Waals surface area (Å²) in [4.78, 5) is 0. The molecule has 0 fully saturated rings. The van der Waals surface area contributed by atoms with Gasteiger partial charge in [-0.2, -0.15) is 0 Å². The molecule has 0 saturated heterocycles. The molecule has 1 N–H and O–H groups in total. The molecule has 0 amide bonds. The van der Waals surface area contributed by atoms with Crippen LogP contribution in [0.25, 0.3) is 11.6 Å². The minimum atomic E-state index is 1.02. The summed E-state index contributed by atoms with van der Waals surface area (Å²) >= 11 is 0. The molecule has 0 radical (unpaired) electrons. The third-order valence-electron chi connectivity index (χ3n) is 4.46. The fourth-order valence-electron chi connectivity index (χ4n) is 2.98. The molecule has 1 heteroatoms. The summed E-state index contributed by atoms with van der Waals surface area (Å²) in [6.45, 7) is 12.9. The zero-order valence-electron chi connectivity index (χ0n) is 15.0. The van der Waals surface area contributed by atoms with E-state index in [-0.39, 0.29) is 0 Å². The van der Waals surface area contributed by atoms with E-state index < -0.39 is 0 Å². The summed E-state index contributed by atoms with van der Waals surface area (Å²) in [6, 6.07) is 10.8. The smallest absolute Gasteiger partial charge is 0.0413 e. The number of aryl methyl sites for hydroxylation is 3. The summed E-state index contributed by atoms with van der Waals surface area (Å²) in [6.07, 6.45) is 5.34. The van der Waals surface area contributed by atoms with Gasteiger partial charge in [-0.25, -0.2) is 0 Å². The lowest BCUT2D eigenvalue weighted by atomic mass is 9.94. The molecule has 0 spiro atoms. The molecular weight excluding hydrogens is 278 g/mol. The maximum absolute atomic E-state index is 4.29. The second kappa shape index (κ2) is 7.32. The van der Waals surface area contributed by atoms with Crippen molar-refractivity contribution in [2.24, 2.45) is 0 Å². The minimum Gasteiger partial charge on any atom is -0.388 e. The highest BCUT2D eigenvalue weighted by Gasteiger charge is 2.06. The molecular formula is C22H27N. The number of rotatable bonds is 5. The molecule has 0 atom stereocenters. The topological polar surface area (TPSA) is 12.0 Å². The van der Waals surface area contributed by atoms with Crippen LogP contribution in [0, 0.1) is 20.8 Å². The molecule has 0 aliphatic heterocycles. The van der Waals surface area contributed by atoms with E-state index >= 15 is 0 Å². The van der Waals surface area contributed by atoms with E-state index in [1.165, 1.54) is 33.4 Å². The van der Waals surface area contributed by atoms with Crippen LogP contribution in [-0.2, 0) is 6.42 Å². The van der Waals surface area contributed by atoms with E-state index in [1.807, 2.05) is 7.05 Å². The Morgan fingerprint density at radius 3 is 2.57 bits per heavy atom. The van der Waals surface area contributed by atoms with E-state index in [0.29, 0.717) is 0 Å². The number of anilines is 1. The molecule has 23 heavy (non-hydrogen) atoms. The van der Waals surface area contributed by atoms with Gasteiger partial charge in [-0.05, 0) is 61.1 Å². The average Bonchev–Trinajstić information content (AvgIpc) is 2.55. The Labute approximate surface area is 140 Å². The summed E-state index contributed by atoms with van der Waals surface area (Å²) in [5.41, 5.74) is 9.95. The van der Waals surface area contributed by atoms with Gasteiger partial charge in [-0.3, -0.25) is 0 Å². The maximum atomic E-state index is 4.29. The van der Waals surface area contributed by atoms with Crippen LogP contribution < -0.4 is 5.32 Å². The van der Waals surface area contributed by atoms with Crippen LogP contribution >= 0.6 is 0 Å². The van der Waals surface area contributed by atoms with Gasteiger partial charge in [0, 0.05) is 18.3 Å². The molecule has 0 unspecified atom stereocenters. The van der Waals surface area contributed by atoms with Crippen molar-refractivity contribution in [3.05, 3.63) is 76.4 Å². The molecule has 0 bridgehead atoms. The van der Waals surface area contributed by atoms with E-state index in [9.17, 15) is 0 Å². The van der Waals surface area contributed by atoms with Crippen molar-refractivity contribution in [3.63, 3.8) is 0 Å². The molecule has 0 aromatic heterocycles. The minimum absolute atomic E-state index is 1.02. The van der Waals surface area contributed by atoms with Crippen molar-refractivity contribution in [1.82, 2.24) is 0 Å². The van der Waals surface area contributed by atoms with E-state index in [4.69, 9.17) is 0 Å². The quantitative estimate of drug-likeness (QED) is 0.674. The van der Waals surface area contributed by atoms with Crippen LogP contribution in [0.1, 0.15) is 40.3 Å². The van der Waals surface area contributed by atoms with Crippen molar-refractivity contribution in [2.45, 2.75) is 34.1 Å². The van der Waals surface area contributed by atoms with E-state index in [0.717, 1.165) is 17.7 Å². The SMILES string of the molecule is C=C(/C=C\c1c(CC)cccc1NC)c1cc(C)cc(C)c1C. The van der Waals surface area contributed by atoms with Gasteiger partial charge in [0.25, 0.3) is 0 Å². The largest absolute Gasteiger partial charge is 0.388 e. The fraction of sp³-hybridized carbons (Fsp3) is 0.273. The number of hydrogen-bond donors (Lipinski definition) is 1. The number of allylic oxidation sites excluding steroid dienone is 2. The van der Waals surface area contributed by atoms with Crippen LogP contribution in [0.15, 0.2) is 43.0 Å². The molecule has 2 rings (SSSR count). The standard InChI is InChI=1S/C22H27N/c1-7-19-9-8-10-22(23-6)20(19)12-11-16(3)21-14-15(2)13-17(4)18(21)5/h8-14,23H,3,7H2,1-2,4-6H3/b12-11-. The second-order valence-corrected chi connectivity index (χ2v) is 6.09. The van der Waals surface area contributed by atoms with Gasteiger partial charge in [0.2, 0.25) is 0 Å². The first kappa shape index (κ1) is 17.1. The van der Waals surface area contributed by atoms with Crippen LogP contribution in [-0.4, -0.2) is 7.05 Å². The summed E-state index contributed by atoms with van der Waals surface area (Å²) in [5.74, 6) is 0. The van der Waals surface area contributed by atoms with Gasteiger partial charge < -0.3 is 5.32 Å². The lowest BCUT2D eigenvalue weighted by molar-refractivity contribution is 1.13. The van der Waals surface area contributed by atoms with Crippen molar-refractivity contribution in [1.29, 1.82) is 0 Å². The highest BCUT2D eigenvalue weighted by atomic mass is 14.8. The lowest BCUT2D eigenvalue weighted by Gasteiger charge is -2.12. The molecule has 0 saturated carbocycles. The summed E-state index contributed by atoms with van der Waals surface area (Å²) in [7, 11) is 1.97. The van der Waals surface area contributed by atoms with Crippen molar-refractivity contribution < 1.29 is 0 Å². The van der Waals surface area contributed by atoms with Gasteiger partial charge >= 0.3 is 0 Å². The van der Waals surface area contributed by atoms with E-state index in [2.05, 4.69) is 82.1 Å². The summed E-state index contributed by atoms with van der Waals surface area (Å²) in [5, 5.41) is 3.28. The van der Waals surface area contributed by atoms with Gasteiger partial charge in [-0.15, -0.1) is 0 Å². The molecule has 1 nitrogen and oxygen atoms in total. The van der Waals surface area contributed by atoms with Crippen LogP contribution in [0.3, 0.4) is 0 Å². The Hall–Kier alpha value is -2.28. The van der Waals surface area contributed by atoms with Gasteiger partial charge in [0.1, 0.15) is 0 Å². The Balaban J connectivity index is 2.40. The molecule has 0 aliphatic carbocycles. The zero-order chi connectivity index (χ0) is 17.0. The monoisotopic (exact) mass is 305 g/mol. The number of hydrogen-bond acceptors (Lipinski definition) is 1. The van der Waals surface area contributed by atoms with Crippen molar-refractivity contribution >= 4 is 17.3 Å². The first-order valence-electron chi connectivity index (χ1n) is 8.22. The van der Waals surface area contributed by atoms with Gasteiger partial charge in [-0.1, -0.05) is 55.5 Å². The third kappa shape index (κ3) is 3.73. The van der Waals surface area contributed by atoms with Crippen molar-refractivity contribution in [2.75, 3.05) is 12.4 Å². The van der Waals surface area contributed by atoms with E-state index in [1.54, 1.807) is 0 Å². The fourth-order valence-corrected chi connectivity index (χ4v) is 2.98. The molecule has 0 aliphatic rings. The lowest BCUT2D eigenvalue weighted by Crippen LogP contribution is -1.96. The number of benzene rings is 2. The predicted octanol–water partition coefficient (Wildman–Crippen LogP) is 5.94. The number of nitrogens with one attached hydrogen (secondary N) is 1. The maximum Gasteiger partial charge on any atom is 0.0413 e. The highest BCUT2D eigenvalue weighted by Crippen LogP contribution is 2.26. The second-order valence-electron chi connectivity index (χ2n) is 6.09. The molecule has 2 aromatic rings. The molecule has 2 aromatic carbocycles. The third-order valence-corrected chi connectivity index (χ3v) is 4.46. The molecule has 120 valence electrons. The highest BCUT2D eigenvalue weighted by molar-refractivity contribution is 5.82. The van der Waals surface area contributed by atoms with Gasteiger partial charge in [0.15, 0.2) is 0 Å². The van der Waals surface area contributed by atoms with Crippen LogP contribution in [0.4, 0.5) is 5.69 Å². The first-order valence-corrected chi connectivity index (χ1v) is 8.22. The Morgan fingerprint density at radius 2 is 1.91 bits per heavy atom. The Morgan fingerprint density at radius 1 is 1.17 bits per heavy atom. The van der Waals surface area contributed by atoms with Crippen LogP contribution in [0.2, 0.25) is 0 Å². The summed E-state index contributed by atoms with van der Waals surface area (Å²) < 4.78 is 0. The Kier molecular flexibility index (Phi) is 5.44. The van der Waals surface area contributed by atoms with Gasteiger partial charge in [0.05, 0.1) is 0 Å². The zero-order valence-corrected chi connectivity index (χ0v) is 15.0. The predicted molar refractivity (Wildman–Crippen MR) is 104 cm³/mol. The van der Waals surface area contributed by atoms with Crippen LogP contribution in [0.5, 0.6) is 0 Å². The van der Waals surface area contributed by atoms with Crippen molar-refractivity contribution in [3.8, 4) is 0 Å². The normalized spacial score (nSPS) is 11.0. The first-order chi connectivity index (χ1) is 11.0. The Bertz CT molecular complexity index is 729. The molecule has 0 heterocycles.